The highest BCUT2D eigenvalue weighted by molar-refractivity contribution is 5.94. The van der Waals surface area contributed by atoms with Crippen LogP contribution >= 0.6 is 0 Å². The first kappa shape index (κ1) is 15.8. The minimum atomic E-state index is -0.864. The molecule has 4 nitrogen and oxygen atoms in total. The zero-order valence-corrected chi connectivity index (χ0v) is 12.1. The maximum atomic E-state index is 13.5. The fourth-order valence-corrected chi connectivity index (χ4v) is 1.76. The van der Waals surface area contributed by atoms with E-state index in [1.54, 1.807) is 24.3 Å². The zero-order valence-electron chi connectivity index (χ0n) is 12.1. The average molecular weight is 307 g/mol. The Hall–Kier alpha value is -2.63. The molecule has 0 radical (unpaired) electrons. The van der Waals surface area contributed by atoms with E-state index < -0.39 is 23.6 Å². The highest BCUT2D eigenvalue weighted by atomic mass is 19.1. The third-order valence-corrected chi connectivity index (χ3v) is 2.91. The summed E-state index contributed by atoms with van der Waals surface area (Å²) in [4.78, 5) is 12.0. The molecule has 0 aliphatic rings. The molecular weight excluding hydrogens is 292 g/mol. The minimum Gasteiger partial charge on any atom is -0.497 e. The van der Waals surface area contributed by atoms with Gasteiger partial charge < -0.3 is 14.8 Å². The van der Waals surface area contributed by atoms with Gasteiger partial charge in [-0.1, -0.05) is 6.07 Å². The van der Waals surface area contributed by atoms with Gasteiger partial charge in [-0.25, -0.2) is 8.78 Å². The fraction of sp³-hybridized carbons (Fsp3) is 0.188. The SMILES string of the molecule is COc1cccc(O[C@@H](C)C(=O)Nc2ccc(F)cc2F)c1. The van der Waals surface area contributed by atoms with Crippen LogP contribution < -0.4 is 14.8 Å². The molecular formula is C16H15F2NO3. The number of nitrogens with one attached hydrogen (secondary N) is 1. The van der Waals surface area contributed by atoms with Crippen LogP contribution in [0, 0.1) is 11.6 Å². The van der Waals surface area contributed by atoms with Gasteiger partial charge in [-0.3, -0.25) is 4.79 Å². The number of anilines is 1. The van der Waals surface area contributed by atoms with Crippen molar-refractivity contribution in [2.75, 3.05) is 12.4 Å². The van der Waals surface area contributed by atoms with Crippen LogP contribution in [0.3, 0.4) is 0 Å². The molecule has 1 N–H and O–H groups in total. The Morgan fingerprint density at radius 2 is 1.86 bits per heavy atom. The number of carbonyl (C=O) groups is 1. The number of rotatable bonds is 5. The number of ether oxygens (including phenoxy) is 2. The number of hydrogen-bond acceptors (Lipinski definition) is 3. The quantitative estimate of drug-likeness (QED) is 0.921. The lowest BCUT2D eigenvalue weighted by molar-refractivity contribution is -0.122. The molecule has 0 unspecified atom stereocenters. The van der Waals surface area contributed by atoms with E-state index in [0.29, 0.717) is 17.6 Å². The molecule has 0 bridgehead atoms. The summed E-state index contributed by atoms with van der Waals surface area (Å²) in [6.07, 6.45) is -0.864. The first-order valence-corrected chi connectivity index (χ1v) is 6.56. The Bertz CT molecular complexity index is 676. The van der Waals surface area contributed by atoms with Crippen LogP contribution in [0.25, 0.3) is 0 Å². The Balaban J connectivity index is 2.02. The summed E-state index contributed by atoms with van der Waals surface area (Å²) in [6.45, 7) is 1.52. The van der Waals surface area contributed by atoms with Gasteiger partial charge in [0.2, 0.25) is 0 Å². The van der Waals surface area contributed by atoms with Crippen molar-refractivity contribution in [2.45, 2.75) is 13.0 Å². The summed E-state index contributed by atoms with van der Waals surface area (Å²) in [7, 11) is 1.52. The van der Waals surface area contributed by atoms with Crippen LogP contribution in [-0.4, -0.2) is 19.1 Å². The van der Waals surface area contributed by atoms with Crippen molar-refractivity contribution in [3.63, 3.8) is 0 Å². The second kappa shape index (κ2) is 6.89. The van der Waals surface area contributed by atoms with Crippen LogP contribution in [-0.2, 0) is 4.79 Å². The second-order valence-corrected chi connectivity index (χ2v) is 4.55. The van der Waals surface area contributed by atoms with Gasteiger partial charge in [-0.2, -0.15) is 0 Å². The summed E-state index contributed by atoms with van der Waals surface area (Å²) < 4.78 is 36.8. The largest absolute Gasteiger partial charge is 0.497 e. The maximum absolute atomic E-state index is 13.5. The first-order valence-electron chi connectivity index (χ1n) is 6.56. The van der Waals surface area contributed by atoms with Crippen molar-refractivity contribution in [3.05, 3.63) is 54.1 Å². The molecule has 1 amide bonds. The fourth-order valence-electron chi connectivity index (χ4n) is 1.76. The van der Waals surface area contributed by atoms with E-state index in [-0.39, 0.29) is 5.69 Å². The van der Waals surface area contributed by atoms with Crippen LogP contribution in [0.5, 0.6) is 11.5 Å². The standard InChI is InChI=1S/C16H15F2NO3/c1-10(22-13-5-3-4-12(9-13)21-2)16(20)19-15-7-6-11(17)8-14(15)18/h3-10H,1-2H3,(H,19,20)/t10-/m0/s1. The molecule has 0 aliphatic carbocycles. The smallest absolute Gasteiger partial charge is 0.265 e. The summed E-state index contributed by atoms with van der Waals surface area (Å²) in [5, 5.41) is 2.35. The van der Waals surface area contributed by atoms with E-state index in [0.717, 1.165) is 12.1 Å². The number of halogens is 2. The normalized spacial score (nSPS) is 11.6. The van der Waals surface area contributed by atoms with Gasteiger partial charge in [0, 0.05) is 12.1 Å². The maximum Gasteiger partial charge on any atom is 0.265 e. The van der Waals surface area contributed by atoms with Crippen molar-refractivity contribution in [1.29, 1.82) is 0 Å². The number of hydrogen-bond donors (Lipinski definition) is 1. The van der Waals surface area contributed by atoms with Crippen molar-refractivity contribution in [1.82, 2.24) is 0 Å². The van der Waals surface area contributed by atoms with Crippen LogP contribution in [0.4, 0.5) is 14.5 Å². The molecule has 1 atom stereocenters. The average Bonchev–Trinajstić information content (AvgIpc) is 2.50. The molecule has 2 aromatic carbocycles. The summed E-state index contributed by atoms with van der Waals surface area (Å²) in [6, 6.07) is 9.67. The van der Waals surface area contributed by atoms with E-state index in [1.807, 2.05) is 0 Å². The van der Waals surface area contributed by atoms with Crippen LogP contribution in [0.15, 0.2) is 42.5 Å². The molecule has 0 aromatic heterocycles. The van der Waals surface area contributed by atoms with E-state index in [9.17, 15) is 13.6 Å². The molecule has 22 heavy (non-hydrogen) atoms. The van der Waals surface area contributed by atoms with E-state index in [1.165, 1.54) is 14.0 Å². The van der Waals surface area contributed by atoms with Crippen molar-refractivity contribution in [3.8, 4) is 11.5 Å². The molecule has 116 valence electrons. The summed E-state index contributed by atoms with van der Waals surface area (Å²) in [5.41, 5.74) is -0.104. The minimum absolute atomic E-state index is 0.104. The molecule has 6 heteroatoms. The summed E-state index contributed by atoms with van der Waals surface area (Å²) >= 11 is 0. The Labute approximate surface area is 126 Å². The molecule has 0 saturated heterocycles. The molecule has 2 rings (SSSR count). The monoisotopic (exact) mass is 307 g/mol. The Morgan fingerprint density at radius 3 is 2.55 bits per heavy atom. The molecule has 0 spiro atoms. The highest BCUT2D eigenvalue weighted by Gasteiger charge is 2.17. The number of carbonyl (C=O) groups excluding carboxylic acids is 1. The van der Waals surface area contributed by atoms with Gasteiger partial charge in [0.15, 0.2) is 6.10 Å². The zero-order chi connectivity index (χ0) is 16.1. The number of methoxy groups -OCH3 is 1. The molecule has 0 fully saturated rings. The topological polar surface area (TPSA) is 47.6 Å². The Morgan fingerprint density at radius 1 is 1.14 bits per heavy atom. The van der Waals surface area contributed by atoms with Gasteiger partial charge >= 0.3 is 0 Å². The molecule has 0 aliphatic heterocycles. The third-order valence-electron chi connectivity index (χ3n) is 2.91. The lowest BCUT2D eigenvalue weighted by atomic mass is 10.2. The van der Waals surface area contributed by atoms with Gasteiger partial charge in [-0.15, -0.1) is 0 Å². The van der Waals surface area contributed by atoms with Gasteiger partial charge in [0.25, 0.3) is 5.91 Å². The van der Waals surface area contributed by atoms with Crippen molar-refractivity contribution < 1.29 is 23.0 Å². The van der Waals surface area contributed by atoms with Crippen LogP contribution in [0.1, 0.15) is 6.92 Å². The lowest BCUT2D eigenvalue weighted by Crippen LogP contribution is -2.30. The van der Waals surface area contributed by atoms with Crippen LogP contribution in [0.2, 0.25) is 0 Å². The predicted molar refractivity (Wildman–Crippen MR) is 78.1 cm³/mol. The molecule has 2 aromatic rings. The molecule has 0 heterocycles. The highest BCUT2D eigenvalue weighted by Crippen LogP contribution is 2.21. The number of benzene rings is 2. The van der Waals surface area contributed by atoms with Crippen molar-refractivity contribution >= 4 is 11.6 Å². The third kappa shape index (κ3) is 3.94. The predicted octanol–water partition coefficient (Wildman–Crippen LogP) is 3.38. The van der Waals surface area contributed by atoms with Gasteiger partial charge in [0.05, 0.1) is 12.8 Å². The second-order valence-electron chi connectivity index (χ2n) is 4.55. The van der Waals surface area contributed by atoms with E-state index >= 15 is 0 Å². The van der Waals surface area contributed by atoms with E-state index in [2.05, 4.69) is 5.32 Å². The van der Waals surface area contributed by atoms with E-state index in [4.69, 9.17) is 9.47 Å². The lowest BCUT2D eigenvalue weighted by Gasteiger charge is -2.15. The van der Waals surface area contributed by atoms with Gasteiger partial charge in [-0.05, 0) is 31.2 Å². The summed E-state index contributed by atoms with van der Waals surface area (Å²) in [5.74, 6) is -1.07. The molecule has 0 saturated carbocycles. The van der Waals surface area contributed by atoms with Crippen molar-refractivity contribution in [2.24, 2.45) is 0 Å². The number of amides is 1. The first-order chi connectivity index (χ1) is 10.5. The van der Waals surface area contributed by atoms with Gasteiger partial charge in [0.1, 0.15) is 23.1 Å². The Kier molecular flexibility index (Phi) is 4.93.